The van der Waals surface area contributed by atoms with E-state index in [1.54, 1.807) is 6.08 Å². The third kappa shape index (κ3) is 3.72. The number of carbonyl (C=O) groups excluding carboxylic acids is 1. The first-order valence-electron chi connectivity index (χ1n) is 6.50. The molecule has 1 heterocycles. The number of ketones is 1. The molecule has 0 aromatic rings. The quantitative estimate of drug-likeness (QED) is 0.696. The molecule has 0 amide bonds. The van der Waals surface area contributed by atoms with Crippen molar-refractivity contribution in [3.05, 3.63) is 23.9 Å². The lowest BCUT2D eigenvalue weighted by molar-refractivity contribution is -0.112. The number of allylic oxidation sites excluding steroid dienone is 3. The normalized spacial score (nSPS) is 19.9. The van der Waals surface area contributed by atoms with Crippen molar-refractivity contribution in [3.63, 3.8) is 0 Å². The number of rotatable bonds is 4. The van der Waals surface area contributed by atoms with Gasteiger partial charge in [-0.3, -0.25) is 4.79 Å². The average Bonchev–Trinajstić information content (AvgIpc) is 2.20. The van der Waals surface area contributed by atoms with Gasteiger partial charge in [-0.15, -0.1) is 0 Å². The molecule has 0 spiro atoms. The third-order valence-corrected chi connectivity index (χ3v) is 3.25. The van der Waals surface area contributed by atoms with E-state index in [4.69, 9.17) is 0 Å². The van der Waals surface area contributed by atoms with Gasteiger partial charge in [0.1, 0.15) is 0 Å². The molecule has 0 saturated carbocycles. The SMILES string of the molecule is C/C=C/C(=O)C1=CN(CC(C)C)CCC1(C)C. The van der Waals surface area contributed by atoms with Crippen LogP contribution in [0.15, 0.2) is 23.9 Å². The molecule has 2 heteroatoms. The molecular formula is C15H25NO. The summed E-state index contributed by atoms with van der Waals surface area (Å²) in [5.74, 6) is 0.788. The van der Waals surface area contributed by atoms with E-state index in [1.807, 2.05) is 13.0 Å². The van der Waals surface area contributed by atoms with Crippen molar-refractivity contribution in [2.24, 2.45) is 11.3 Å². The molecule has 2 nitrogen and oxygen atoms in total. The van der Waals surface area contributed by atoms with Gasteiger partial charge in [-0.2, -0.15) is 0 Å². The third-order valence-electron chi connectivity index (χ3n) is 3.25. The summed E-state index contributed by atoms with van der Waals surface area (Å²) in [4.78, 5) is 14.3. The van der Waals surface area contributed by atoms with Crippen LogP contribution in [0, 0.1) is 11.3 Å². The fraction of sp³-hybridized carbons (Fsp3) is 0.667. The maximum atomic E-state index is 12.1. The van der Waals surface area contributed by atoms with Gasteiger partial charge in [-0.25, -0.2) is 0 Å². The maximum absolute atomic E-state index is 12.1. The fourth-order valence-electron chi connectivity index (χ4n) is 2.23. The Hall–Kier alpha value is -1.05. The van der Waals surface area contributed by atoms with Crippen molar-refractivity contribution < 1.29 is 4.79 Å². The lowest BCUT2D eigenvalue weighted by atomic mass is 9.77. The van der Waals surface area contributed by atoms with E-state index in [2.05, 4.69) is 38.8 Å². The second-order valence-corrected chi connectivity index (χ2v) is 5.93. The van der Waals surface area contributed by atoms with E-state index in [-0.39, 0.29) is 11.2 Å². The van der Waals surface area contributed by atoms with Crippen molar-refractivity contribution in [3.8, 4) is 0 Å². The first-order chi connectivity index (χ1) is 7.86. The standard InChI is InChI=1S/C15H25NO/c1-6-7-14(17)13-11-16(10-12(2)3)9-8-15(13,4)5/h6-7,11-12H,8-10H2,1-5H3/b7-6+. The number of nitrogens with zero attached hydrogens (tertiary/aromatic N) is 1. The predicted octanol–water partition coefficient (Wildman–Crippen LogP) is 3.40. The van der Waals surface area contributed by atoms with E-state index >= 15 is 0 Å². The van der Waals surface area contributed by atoms with Gasteiger partial charge in [0.2, 0.25) is 0 Å². The molecule has 17 heavy (non-hydrogen) atoms. The summed E-state index contributed by atoms with van der Waals surface area (Å²) in [5.41, 5.74) is 0.951. The molecule has 0 saturated heterocycles. The maximum Gasteiger partial charge on any atom is 0.183 e. The molecule has 0 fully saturated rings. The van der Waals surface area contributed by atoms with E-state index in [0.29, 0.717) is 5.92 Å². The first-order valence-corrected chi connectivity index (χ1v) is 6.50. The molecular weight excluding hydrogens is 210 g/mol. The Balaban J connectivity index is 2.92. The van der Waals surface area contributed by atoms with Gasteiger partial charge in [0, 0.05) is 24.9 Å². The summed E-state index contributed by atoms with van der Waals surface area (Å²) >= 11 is 0. The van der Waals surface area contributed by atoms with Crippen LogP contribution in [0.5, 0.6) is 0 Å². The van der Waals surface area contributed by atoms with Crippen LogP contribution in [0.25, 0.3) is 0 Å². The Bertz CT molecular complexity index is 337. The molecule has 0 aliphatic carbocycles. The molecule has 1 aliphatic rings. The topological polar surface area (TPSA) is 20.3 Å². The van der Waals surface area contributed by atoms with Crippen molar-refractivity contribution >= 4 is 5.78 Å². The number of hydrogen-bond donors (Lipinski definition) is 0. The summed E-state index contributed by atoms with van der Waals surface area (Å²) in [6, 6.07) is 0. The van der Waals surface area contributed by atoms with Gasteiger partial charge in [-0.05, 0) is 30.8 Å². The van der Waals surface area contributed by atoms with Crippen LogP contribution in [0.1, 0.15) is 41.0 Å². The van der Waals surface area contributed by atoms with E-state index in [1.165, 1.54) is 0 Å². The highest BCUT2D eigenvalue weighted by Crippen LogP contribution is 2.35. The van der Waals surface area contributed by atoms with Crippen molar-refractivity contribution in [2.45, 2.75) is 41.0 Å². The smallest absolute Gasteiger partial charge is 0.183 e. The van der Waals surface area contributed by atoms with E-state index < -0.39 is 0 Å². The van der Waals surface area contributed by atoms with E-state index in [9.17, 15) is 4.79 Å². The average molecular weight is 235 g/mol. The zero-order valence-electron chi connectivity index (χ0n) is 11.8. The van der Waals surface area contributed by atoms with Crippen molar-refractivity contribution in [1.82, 2.24) is 4.90 Å². The molecule has 0 atom stereocenters. The molecule has 0 radical (unpaired) electrons. The van der Waals surface area contributed by atoms with Crippen molar-refractivity contribution in [2.75, 3.05) is 13.1 Å². The van der Waals surface area contributed by atoms with Crippen LogP contribution in [-0.2, 0) is 4.79 Å². The second-order valence-electron chi connectivity index (χ2n) is 5.93. The lowest BCUT2D eigenvalue weighted by Crippen LogP contribution is -2.36. The summed E-state index contributed by atoms with van der Waals surface area (Å²) in [6.45, 7) is 12.7. The Kier molecular flexibility index (Phi) is 4.55. The zero-order chi connectivity index (χ0) is 13.1. The molecule has 1 aliphatic heterocycles. The minimum atomic E-state index is 0.00404. The lowest BCUT2D eigenvalue weighted by Gasteiger charge is -2.37. The van der Waals surface area contributed by atoms with Gasteiger partial charge in [0.05, 0.1) is 0 Å². The summed E-state index contributed by atoms with van der Waals surface area (Å²) in [5, 5.41) is 0. The molecule has 0 aromatic heterocycles. The minimum Gasteiger partial charge on any atom is -0.377 e. The summed E-state index contributed by atoms with van der Waals surface area (Å²) < 4.78 is 0. The largest absolute Gasteiger partial charge is 0.377 e. The predicted molar refractivity (Wildman–Crippen MR) is 72.7 cm³/mol. The molecule has 0 unspecified atom stereocenters. The Morgan fingerprint density at radius 3 is 2.71 bits per heavy atom. The summed E-state index contributed by atoms with van der Waals surface area (Å²) in [7, 11) is 0. The van der Waals surface area contributed by atoms with Crippen LogP contribution >= 0.6 is 0 Å². The monoisotopic (exact) mass is 235 g/mol. The van der Waals surface area contributed by atoms with Crippen LogP contribution in [0.4, 0.5) is 0 Å². The first kappa shape index (κ1) is 14.0. The van der Waals surface area contributed by atoms with Gasteiger partial charge >= 0.3 is 0 Å². The zero-order valence-corrected chi connectivity index (χ0v) is 11.8. The van der Waals surface area contributed by atoms with Crippen LogP contribution in [-0.4, -0.2) is 23.8 Å². The molecule has 0 bridgehead atoms. The van der Waals surface area contributed by atoms with Gasteiger partial charge < -0.3 is 4.90 Å². The Labute approximate surface area is 105 Å². The highest BCUT2D eigenvalue weighted by atomic mass is 16.1. The highest BCUT2D eigenvalue weighted by Gasteiger charge is 2.31. The number of hydrogen-bond acceptors (Lipinski definition) is 2. The Morgan fingerprint density at radius 1 is 1.53 bits per heavy atom. The molecule has 0 N–H and O–H groups in total. The van der Waals surface area contributed by atoms with Crippen LogP contribution in [0.3, 0.4) is 0 Å². The van der Waals surface area contributed by atoms with Crippen LogP contribution < -0.4 is 0 Å². The summed E-state index contributed by atoms with van der Waals surface area (Å²) in [6.07, 6.45) is 6.62. The van der Waals surface area contributed by atoms with Gasteiger partial charge in [0.15, 0.2) is 5.78 Å². The minimum absolute atomic E-state index is 0.00404. The van der Waals surface area contributed by atoms with Crippen LogP contribution in [0.2, 0.25) is 0 Å². The molecule has 96 valence electrons. The second kappa shape index (κ2) is 5.52. The van der Waals surface area contributed by atoms with Gasteiger partial charge in [-0.1, -0.05) is 33.8 Å². The highest BCUT2D eigenvalue weighted by molar-refractivity contribution is 6.04. The number of carbonyl (C=O) groups is 1. The fourth-order valence-corrected chi connectivity index (χ4v) is 2.23. The molecule has 0 aromatic carbocycles. The van der Waals surface area contributed by atoms with Crippen molar-refractivity contribution in [1.29, 1.82) is 0 Å². The molecule has 1 rings (SSSR count). The Morgan fingerprint density at radius 2 is 2.18 bits per heavy atom. The van der Waals surface area contributed by atoms with E-state index in [0.717, 1.165) is 25.1 Å². The van der Waals surface area contributed by atoms with Gasteiger partial charge in [0.25, 0.3) is 0 Å².